The summed E-state index contributed by atoms with van der Waals surface area (Å²) in [5.74, 6) is 0. The van der Waals surface area contributed by atoms with Gasteiger partial charge in [-0.25, -0.2) is 0 Å². The van der Waals surface area contributed by atoms with Crippen LogP contribution in [-0.4, -0.2) is 0 Å². The average Bonchev–Trinajstić information content (AvgIpc) is 2.88. The summed E-state index contributed by atoms with van der Waals surface area (Å²) in [5, 5.41) is 2.90. The Morgan fingerprint density at radius 2 is 2.00 bits per heavy atom. The van der Waals surface area contributed by atoms with Crippen molar-refractivity contribution in [3.8, 4) is 0 Å². The molecule has 3 aromatic rings. The van der Waals surface area contributed by atoms with Crippen LogP contribution < -0.4 is 0 Å². The number of hydrogen-bond donors (Lipinski definition) is 0. The molecule has 0 saturated heterocycles. The third-order valence-electron chi connectivity index (χ3n) is 2.77. The van der Waals surface area contributed by atoms with Gasteiger partial charge in [-0.05, 0) is 41.6 Å². The fraction of sp³-hybridized carbons (Fsp3) is 0.143. The molecule has 1 unspecified atom stereocenters. The maximum absolute atomic E-state index is 6.49. The van der Waals surface area contributed by atoms with E-state index in [0.29, 0.717) is 0 Å². The van der Waals surface area contributed by atoms with Gasteiger partial charge in [0.15, 0.2) is 0 Å². The van der Waals surface area contributed by atoms with Gasteiger partial charge in [-0.2, -0.15) is 0 Å². The van der Waals surface area contributed by atoms with E-state index in [1.54, 1.807) is 22.7 Å². The molecule has 92 valence electrons. The van der Waals surface area contributed by atoms with E-state index in [9.17, 15) is 0 Å². The van der Waals surface area contributed by atoms with Gasteiger partial charge in [0.25, 0.3) is 0 Å². The second kappa shape index (κ2) is 5.22. The average molecular weight is 313 g/mol. The second-order valence-electron chi connectivity index (χ2n) is 4.10. The number of thiophene rings is 2. The molecule has 0 N–H and O–H groups in total. The molecule has 0 bridgehead atoms. The molecule has 0 spiro atoms. The summed E-state index contributed by atoms with van der Waals surface area (Å²) >= 11 is 16.0. The summed E-state index contributed by atoms with van der Waals surface area (Å²) in [4.78, 5) is 1.23. The van der Waals surface area contributed by atoms with Crippen molar-refractivity contribution in [3.63, 3.8) is 0 Å². The highest BCUT2D eigenvalue weighted by molar-refractivity contribution is 7.27. The quantitative estimate of drug-likeness (QED) is 0.510. The Morgan fingerprint density at radius 1 is 1.11 bits per heavy atom. The third-order valence-corrected chi connectivity index (χ3v) is 5.73. The fourth-order valence-corrected chi connectivity index (χ4v) is 4.60. The predicted octanol–water partition coefficient (Wildman–Crippen LogP) is 6.14. The molecule has 18 heavy (non-hydrogen) atoms. The van der Waals surface area contributed by atoms with E-state index in [4.69, 9.17) is 23.2 Å². The molecule has 4 heteroatoms. The van der Waals surface area contributed by atoms with Crippen LogP contribution in [0.15, 0.2) is 41.8 Å². The Labute approximate surface area is 124 Å². The van der Waals surface area contributed by atoms with Gasteiger partial charge in [0.2, 0.25) is 0 Å². The van der Waals surface area contributed by atoms with E-state index in [2.05, 4.69) is 23.6 Å². The Balaban J connectivity index is 1.82. The van der Waals surface area contributed by atoms with E-state index in [1.165, 1.54) is 19.8 Å². The SMILES string of the molecule is Clc1cccc(CC(Cl)c2cc3sccc3s2)c1. The topological polar surface area (TPSA) is 0 Å². The molecule has 2 aromatic heterocycles. The van der Waals surface area contributed by atoms with Gasteiger partial charge in [-0.1, -0.05) is 23.7 Å². The first-order valence-electron chi connectivity index (χ1n) is 5.58. The zero-order chi connectivity index (χ0) is 12.5. The molecule has 0 saturated carbocycles. The van der Waals surface area contributed by atoms with E-state index >= 15 is 0 Å². The lowest BCUT2D eigenvalue weighted by molar-refractivity contribution is 0.941. The van der Waals surface area contributed by atoms with Gasteiger partial charge in [-0.3, -0.25) is 0 Å². The molecular formula is C14H10Cl2S2. The molecule has 3 rings (SSSR count). The van der Waals surface area contributed by atoms with Crippen molar-refractivity contribution in [2.75, 3.05) is 0 Å². The summed E-state index contributed by atoms with van der Waals surface area (Å²) in [5.41, 5.74) is 1.18. The van der Waals surface area contributed by atoms with Crippen molar-refractivity contribution in [1.82, 2.24) is 0 Å². The van der Waals surface area contributed by atoms with Gasteiger partial charge in [0.05, 0.1) is 5.38 Å². The number of hydrogen-bond acceptors (Lipinski definition) is 2. The molecule has 0 aliphatic carbocycles. The van der Waals surface area contributed by atoms with Gasteiger partial charge in [0, 0.05) is 19.3 Å². The summed E-state index contributed by atoms with van der Waals surface area (Å²) in [6.45, 7) is 0. The zero-order valence-corrected chi connectivity index (χ0v) is 12.5. The summed E-state index contributed by atoms with van der Waals surface area (Å²) in [6, 6.07) is 12.2. The summed E-state index contributed by atoms with van der Waals surface area (Å²) in [7, 11) is 0. The molecule has 0 radical (unpaired) electrons. The lowest BCUT2D eigenvalue weighted by Crippen LogP contribution is -1.93. The van der Waals surface area contributed by atoms with Crippen LogP contribution >= 0.6 is 45.9 Å². The summed E-state index contributed by atoms with van der Waals surface area (Å²) in [6.07, 6.45) is 0.815. The molecule has 0 aliphatic rings. The highest BCUT2D eigenvalue weighted by atomic mass is 35.5. The van der Waals surface area contributed by atoms with Crippen LogP contribution in [0.25, 0.3) is 9.40 Å². The van der Waals surface area contributed by atoms with Crippen molar-refractivity contribution in [2.45, 2.75) is 11.8 Å². The Bertz CT molecular complexity index is 641. The van der Waals surface area contributed by atoms with E-state index < -0.39 is 0 Å². The lowest BCUT2D eigenvalue weighted by Gasteiger charge is -2.07. The molecule has 0 nitrogen and oxygen atoms in total. The first-order valence-corrected chi connectivity index (χ1v) is 8.09. The lowest BCUT2D eigenvalue weighted by atomic mass is 10.1. The number of benzene rings is 1. The number of fused-ring (bicyclic) bond motifs is 1. The smallest absolute Gasteiger partial charge is 0.0719 e. The van der Waals surface area contributed by atoms with Gasteiger partial charge >= 0.3 is 0 Å². The zero-order valence-electron chi connectivity index (χ0n) is 9.40. The molecular weight excluding hydrogens is 303 g/mol. The van der Waals surface area contributed by atoms with E-state index in [-0.39, 0.29) is 5.38 Å². The van der Waals surface area contributed by atoms with Crippen molar-refractivity contribution in [1.29, 1.82) is 0 Å². The van der Waals surface area contributed by atoms with E-state index in [1.807, 2.05) is 18.2 Å². The molecule has 0 fully saturated rings. The van der Waals surface area contributed by atoms with E-state index in [0.717, 1.165) is 11.4 Å². The number of alkyl halides is 1. The van der Waals surface area contributed by atoms with Crippen LogP contribution in [0.5, 0.6) is 0 Å². The summed E-state index contributed by atoms with van der Waals surface area (Å²) < 4.78 is 2.65. The van der Waals surface area contributed by atoms with Crippen molar-refractivity contribution in [2.24, 2.45) is 0 Å². The highest BCUT2D eigenvalue weighted by Gasteiger charge is 2.13. The van der Waals surface area contributed by atoms with Gasteiger partial charge in [-0.15, -0.1) is 34.3 Å². The standard InChI is InChI=1S/C14H10Cl2S2/c15-10-3-1-2-9(6-10)7-11(16)13-8-14-12(18-13)4-5-17-14/h1-6,8,11H,7H2. The minimum Gasteiger partial charge on any atom is -0.143 e. The van der Waals surface area contributed by atoms with Gasteiger partial charge < -0.3 is 0 Å². The van der Waals surface area contributed by atoms with Gasteiger partial charge in [0.1, 0.15) is 0 Å². The van der Waals surface area contributed by atoms with Crippen molar-refractivity contribution in [3.05, 3.63) is 57.2 Å². The normalized spacial score (nSPS) is 13.0. The first-order chi connectivity index (χ1) is 8.72. The van der Waals surface area contributed by atoms with Crippen molar-refractivity contribution >= 4 is 55.3 Å². The molecule has 1 aromatic carbocycles. The maximum Gasteiger partial charge on any atom is 0.0719 e. The van der Waals surface area contributed by atoms with Crippen LogP contribution in [0.2, 0.25) is 5.02 Å². The van der Waals surface area contributed by atoms with Crippen LogP contribution in [0.3, 0.4) is 0 Å². The Morgan fingerprint density at radius 3 is 2.78 bits per heavy atom. The minimum atomic E-state index is 0.0214. The monoisotopic (exact) mass is 312 g/mol. The highest BCUT2D eigenvalue weighted by Crippen LogP contribution is 2.37. The van der Waals surface area contributed by atoms with Crippen molar-refractivity contribution < 1.29 is 0 Å². The maximum atomic E-state index is 6.49. The second-order valence-corrected chi connectivity index (χ2v) is 7.13. The Kier molecular flexibility index (Phi) is 3.62. The first kappa shape index (κ1) is 12.5. The minimum absolute atomic E-state index is 0.0214. The third kappa shape index (κ3) is 2.57. The number of rotatable bonds is 3. The predicted molar refractivity (Wildman–Crippen MR) is 83.5 cm³/mol. The Hall–Kier alpha value is -0.540. The molecule has 0 aliphatic heterocycles. The molecule has 1 atom stereocenters. The molecule has 0 amide bonds. The van der Waals surface area contributed by atoms with Crippen LogP contribution in [-0.2, 0) is 6.42 Å². The largest absolute Gasteiger partial charge is 0.143 e. The van der Waals surface area contributed by atoms with Crippen LogP contribution in [0.4, 0.5) is 0 Å². The fourth-order valence-electron chi connectivity index (χ4n) is 1.91. The number of halogens is 2. The van der Waals surface area contributed by atoms with Crippen LogP contribution in [0.1, 0.15) is 15.8 Å². The molecule has 2 heterocycles. The van der Waals surface area contributed by atoms with Crippen LogP contribution in [0, 0.1) is 0 Å².